The number of nitrogens with zero attached hydrogens (tertiary/aromatic N) is 2. The largest absolute Gasteiger partial charge is 0.478 e. The summed E-state index contributed by atoms with van der Waals surface area (Å²) < 4.78 is 11.7. The molecule has 0 aromatic heterocycles. The zero-order valence-electron chi connectivity index (χ0n) is 17.8. The van der Waals surface area contributed by atoms with E-state index in [4.69, 9.17) is 9.47 Å². The van der Waals surface area contributed by atoms with E-state index in [1.54, 1.807) is 0 Å². The molecule has 0 radical (unpaired) electrons. The van der Waals surface area contributed by atoms with Crippen LogP contribution in [0.15, 0.2) is 30.4 Å². The average molecular weight is 411 g/mol. The Morgan fingerprint density at radius 1 is 1.10 bits per heavy atom. The summed E-state index contributed by atoms with van der Waals surface area (Å²) in [5, 5.41) is 0. The Kier molecular flexibility index (Phi) is 5.15. The van der Waals surface area contributed by atoms with Crippen LogP contribution in [0.4, 0.5) is 5.69 Å². The number of anilines is 1. The van der Waals surface area contributed by atoms with Crippen LogP contribution in [0.3, 0.4) is 0 Å². The third-order valence-corrected chi connectivity index (χ3v) is 7.07. The lowest BCUT2D eigenvalue weighted by Gasteiger charge is -2.32. The van der Waals surface area contributed by atoms with E-state index in [0.717, 1.165) is 24.4 Å². The van der Waals surface area contributed by atoms with Crippen LogP contribution in [0.5, 0.6) is 5.75 Å². The summed E-state index contributed by atoms with van der Waals surface area (Å²) in [5.74, 6) is 0.491. The maximum atomic E-state index is 13.1. The Hall–Kier alpha value is -2.18. The van der Waals surface area contributed by atoms with Crippen molar-refractivity contribution in [2.45, 2.75) is 58.3 Å². The van der Waals surface area contributed by atoms with Crippen molar-refractivity contribution in [1.82, 2.24) is 4.90 Å². The number of ether oxygens (including phenoxy) is 2. The molecule has 1 aromatic carbocycles. The van der Waals surface area contributed by atoms with E-state index in [0.29, 0.717) is 18.3 Å². The molecule has 3 unspecified atom stereocenters. The fourth-order valence-electron chi connectivity index (χ4n) is 5.37. The summed E-state index contributed by atoms with van der Waals surface area (Å²) in [6.07, 6.45) is 8.22. The minimum absolute atomic E-state index is 0.138. The standard InChI is InChI=1S/C24H30N2O4/c1-3-5-6-15(4-2)12-25-13-16-11-17(7-8-18(16)29-14-25)26-23(27)21-19-9-10-20(30-19)22(21)24(26)28/h7-11,15,19-22H,3-6,12-14H2,1-2H3/t15?,19-,20+,21?,22?. The van der Waals surface area contributed by atoms with E-state index in [2.05, 4.69) is 18.7 Å². The third-order valence-electron chi connectivity index (χ3n) is 7.07. The first kappa shape index (κ1) is 19.8. The molecule has 4 aliphatic heterocycles. The Morgan fingerprint density at radius 3 is 2.50 bits per heavy atom. The van der Waals surface area contributed by atoms with Crippen molar-refractivity contribution in [1.29, 1.82) is 0 Å². The van der Waals surface area contributed by atoms with Crippen molar-refractivity contribution in [3.8, 4) is 5.75 Å². The lowest BCUT2D eigenvalue weighted by atomic mass is 9.85. The predicted octanol–water partition coefficient (Wildman–Crippen LogP) is 3.50. The van der Waals surface area contributed by atoms with Crippen molar-refractivity contribution in [3.05, 3.63) is 35.9 Å². The first-order valence-corrected chi connectivity index (χ1v) is 11.3. The van der Waals surface area contributed by atoms with Crippen molar-refractivity contribution in [3.63, 3.8) is 0 Å². The summed E-state index contributed by atoms with van der Waals surface area (Å²) in [7, 11) is 0. The highest BCUT2D eigenvalue weighted by Crippen LogP contribution is 2.46. The number of carbonyl (C=O) groups excluding carboxylic acids is 2. The van der Waals surface area contributed by atoms with Crippen molar-refractivity contribution >= 4 is 17.5 Å². The van der Waals surface area contributed by atoms with Gasteiger partial charge in [0.1, 0.15) is 12.5 Å². The van der Waals surface area contributed by atoms with E-state index >= 15 is 0 Å². The monoisotopic (exact) mass is 410 g/mol. The molecule has 2 fully saturated rings. The van der Waals surface area contributed by atoms with Gasteiger partial charge >= 0.3 is 0 Å². The van der Waals surface area contributed by atoms with Gasteiger partial charge in [-0.05, 0) is 30.5 Å². The number of hydrogen-bond donors (Lipinski definition) is 0. The molecule has 6 heteroatoms. The van der Waals surface area contributed by atoms with E-state index in [1.165, 1.54) is 30.6 Å². The average Bonchev–Trinajstić information content (AvgIpc) is 3.44. The second-order valence-corrected chi connectivity index (χ2v) is 9.01. The molecule has 0 spiro atoms. The van der Waals surface area contributed by atoms with Crippen LogP contribution >= 0.6 is 0 Å². The number of hydrogen-bond acceptors (Lipinski definition) is 5. The van der Waals surface area contributed by atoms with Crippen LogP contribution in [-0.4, -0.2) is 42.2 Å². The first-order valence-electron chi connectivity index (χ1n) is 11.3. The summed E-state index contributed by atoms with van der Waals surface area (Å²) in [6, 6.07) is 5.69. The lowest BCUT2D eigenvalue weighted by Crippen LogP contribution is -2.37. The fraction of sp³-hybridized carbons (Fsp3) is 0.583. The van der Waals surface area contributed by atoms with Gasteiger partial charge in [0.2, 0.25) is 11.8 Å². The molecule has 4 aliphatic rings. The first-order chi connectivity index (χ1) is 14.6. The number of benzene rings is 1. The van der Waals surface area contributed by atoms with Gasteiger partial charge in [0.15, 0.2) is 0 Å². The second-order valence-electron chi connectivity index (χ2n) is 9.01. The summed E-state index contributed by atoms with van der Waals surface area (Å²) in [6.45, 7) is 6.87. The molecule has 30 heavy (non-hydrogen) atoms. The molecule has 0 saturated carbocycles. The quantitative estimate of drug-likeness (QED) is 0.509. The van der Waals surface area contributed by atoms with Crippen LogP contribution in [0.1, 0.15) is 45.1 Å². The van der Waals surface area contributed by atoms with E-state index in [1.807, 2.05) is 30.4 Å². The van der Waals surface area contributed by atoms with Gasteiger partial charge < -0.3 is 9.47 Å². The SMILES string of the molecule is CCCCC(CC)CN1COc2ccc(N3C(=O)C4C(C3=O)[C@H]3C=C[C@@H]4O3)cc2C1. The zero-order valence-corrected chi connectivity index (χ0v) is 17.8. The summed E-state index contributed by atoms with van der Waals surface area (Å²) in [5.41, 5.74) is 1.69. The Balaban J connectivity index is 1.33. The second kappa shape index (κ2) is 7.82. The number of carbonyl (C=O) groups is 2. The van der Waals surface area contributed by atoms with Crippen LogP contribution in [0, 0.1) is 17.8 Å². The van der Waals surface area contributed by atoms with Gasteiger partial charge in [-0.15, -0.1) is 0 Å². The molecule has 2 amide bonds. The van der Waals surface area contributed by atoms with Crippen LogP contribution in [0.2, 0.25) is 0 Å². The molecule has 2 bridgehead atoms. The van der Waals surface area contributed by atoms with E-state index < -0.39 is 0 Å². The highest BCUT2D eigenvalue weighted by Gasteiger charge is 2.61. The number of unbranched alkanes of at least 4 members (excludes halogenated alkanes) is 1. The smallest absolute Gasteiger partial charge is 0.240 e. The van der Waals surface area contributed by atoms with Crippen molar-refractivity contribution in [2.24, 2.45) is 17.8 Å². The van der Waals surface area contributed by atoms with E-state index in [9.17, 15) is 9.59 Å². The summed E-state index contributed by atoms with van der Waals surface area (Å²) in [4.78, 5) is 29.8. The molecular weight excluding hydrogens is 380 g/mol. The number of rotatable bonds is 7. The minimum Gasteiger partial charge on any atom is -0.478 e. The fourth-order valence-corrected chi connectivity index (χ4v) is 5.37. The molecule has 4 heterocycles. The number of imide groups is 1. The number of fused-ring (bicyclic) bond motifs is 6. The van der Waals surface area contributed by atoms with Gasteiger partial charge in [-0.1, -0.05) is 45.3 Å². The molecule has 0 N–H and O–H groups in total. The van der Waals surface area contributed by atoms with Crippen molar-refractivity contribution in [2.75, 3.05) is 18.2 Å². The molecule has 2 saturated heterocycles. The van der Waals surface area contributed by atoms with Crippen LogP contribution < -0.4 is 9.64 Å². The molecule has 0 aliphatic carbocycles. The highest BCUT2D eigenvalue weighted by molar-refractivity contribution is 6.23. The Bertz CT molecular complexity index is 852. The van der Waals surface area contributed by atoms with E-state index in [-0.39, 0.29) is 35.9 Å². The van der Waals surface area contributed by atoms with Crippen LogP contribution in [-0.2, 0) is 20.9 Å². The normalized spacial score (nSPS) is 30.5. The number of amides is 2. The molecule has 5 rings (SSSR count). The maximum absolute atomic E-state index is 13.1. The maximum Gasteiger partial charge on any atom is 0.240 e. The van der Waals surface area contributed by atoms with Gasteiger partial charge in [0, 0.05) is 18.7 Å². The topological polar surface area (TPSA) is 59.1 Å². The molecule has 6 nitrogen and oxygen atoms in total. The molecular formula is C24H30N2O4. The van der Waals surface area contributed by atoms with Crippen molar-refractivity contribution < 1.29 is 19.1 Å². The van der Waals surface area contributed by atoms with Gasteiger partial charge in [-0.3, -0.25) is 14.5 Å². The van der Waals surface area contributed by atoms with Crippen LogP contribution in [0.25, 0.3) is 0 Å². The molecule has 5 atom stereocenters. The Morgan fingerprint density at radius 2 is 1.83 bits per heavy atom. The minimum atomic E-state index is -0.375. The highest BCUT2D eigenvalue weighted by atomic mass is 16.5. The molecule has 160 valence electrons. The van der Waals surface area contributed by atoms with Gasteiger partial charge in [-0.25, -0.2) is 4.90 Å². The third kappa shape index (κ3) is 3.17. The van der Waals surface area contributed by atoms with Gasteiger partial charge in [0.05, 0.1) is 29.7 Å². The zero-order chi connectivity index (χ0) is 20.8. The lowest BCUT2D eigenvalue weighted by molar-refractivity contribution is -0.124. The molecule has 1 aromatic rings. The van der Waals surface area contributed by atoms with Gasteiger partial charge in [-0.2, -0.15) is 0 Å². The van der Waals surface area contributed by atoms with Gasteiger partial charge in [0.25, 0.3) is 0 Å². The Labute approximate surface area is 177 Å². The predicted molar refractivity (Wildman–Crippen MR) is 113 cm³/mol. The summed E-state index contributed by atoms with van der Waals surface area (Å²) >= 11 is 0.